The Morgan fingerprint density at radius 2 is 2.25 bits per heavy atom. The van der Waals surface area contributed by atoms with Crippen LogP contribution in [0.5, 0.6) is 0 Å². The third kappa shape index (κ3) is 2.12. The number of benzene rings is 1. The van der Waals surface area contributed by atoms with E-state index in [1.54, 1.807) is 12.1 Å². The Hall–Kier alpha value is -0.890. The van der Waals surface area contributed by atoms with Crippen LogP contribution in [0, 0.1) is 13.7 Å². The average molecular weight is 333 g/mol. The highest BCUT2D eigenvalue weighted by Gasteiger charge is 2.23. The van der Waals surface area contributed by atoms with Crippen LogP contribution in [0.3, 0.4) is 0 Å². The summed E-state index contributed by atoms with van der Waals surface area (Å²) in [6.07, 6.45) is 0. The predicted octanol–water partition coefficient (Wildman–Crippen LogP) is 1.61. The van der Waals surface area contributed by atoms with E-state index in [0.717, 1.165) is 18.8 Å². The summed E-state index contributed by atoms with van der Waals surface area (Å²) in [6.45, 7) is 1.95. The van der Waals surface area contributed by atoms with Crippen molar-refractivity contribution in [2.24, 2.45) is 0 Å². The molecule has 1 aliphatic heterocycles. The molecule has 5 nitrogen and oxygen atoms in total. The third-order valence-corrected chi connectivity index (χ3v) is 3.71. The highest BCUT2D eigenvalue weighted by molar-refractivity contribution is 14.1. The van der Waals surface area contributed by atoms with E-state index in [1.807, 2.05) is 35.7 Å². The Labute approximate surface area is 107 Å². The number of nitro benzene ring substituents is 1. The van der Waals surface area contributed by atoms with Crippen molar-refractivity contribution in [2.75, 3.05) is 25.0 Å². The summed E-state index contributed by atoms with van der Waals surface area (Å²) >= 11 is 2.00. The van der Waals surface area contributed by atoms with Gasteiger partial charge in [-0.1, -0.05) is 0 Å². The van der Waals surface area contributed by atoms with Gasteiger partial charge in [-0.3, -0.25) is 10.1 Å². The number of nitro groups is 1. The monoisotopic (exact) mass is 333 g/mol. The summed E-state index contributed by atoms with van der Waals surface area (Å²) in [5, 5.41) is 13.9. The van der Waals surface area contributed by atoms with Gasteiger partial charge < -0.3 is 10.2 Å². The lowest BCUT2D eigenvalue weighted by atomic mass is 10.1. The Bertz CT molecular complexity index is 421. The van der Waals surface area contributed by atoms with Crippen LogP contribution in [0.25, 0.3) is 0 Å². The van der Waals surface area contributed by atoms with E-state index in [4.69, 9.17) is 0 Å². The second kappa shape index (κ2) is 4.54. The molecule has 0 aliphatic carbocycles. The fourth-order valence-electron chi connectivity index (χ4n) is 1.62. The molecule has 1 aromatic carbocycles. The van der Waals surface area contributed by atoms with Gasteiger partial charge in [0.2, 0.25) is 0 Å². The number of hydrogen-bond donors (Lipinski definition) is 1. The van der Waals surface area contributed by atoms with Crippen molar-refractivity contribution in [2.45, 2.75) is 6.04 Å². The highest BCUT2D eigenvalue weighted by Crippen LogP contribution is 2.27. The van der Waals surface area contributed by atoms with Gasteiger partial charge in [0.05, 0.1) is 14.5 Å². The predicted molar refractivity (Wildman–Crippen MR) is 70.9 cm³/mol. The van der Waals surface area contributed by atoms with Crippen LogP contribution in [-0.2, 0) is 0 Å². The standard InChI is InChI=1S/C10H12IN3O2/c1-13(8-5-12-6-8)7-2-3-10(14(15)16)9(11)4-7/h2-4,8,12H,5-6H2,1H3. The largest absolute Gasteiger partial charge is 0.369 e. The molecule has 0 unspecified atom stereocenters. The van der Waals surface area contributed by atoms with E-state index in [0.29, 0.717) is 9.61 Å². The van der Waals surface area contributed by atoms with Crippen molar-refractivity contribution in [3.05, 3.63) is 31.9 Å². The zero-order chi connectivity index (χ0) is 11.7. The van der Waals surface area contributed by atoms with Gasteiger partial charge in [-0.2, -0.15) is 0 Å². The summed E-state index contributed by atoms with van der Waals surface area (Å²) in [6, 6.07) is 5.73. The average Bonchev–Trinajstić information content (AvgIpc) is 2.14. The molecule has 0 atom stereocenters. The molecule has 1 saturated heterocycles. The van der Waals surface area contributed by atoms with E-state index >= 15 is 0 Å². The third-order valence-electron chi connectivity index (χ3n) is 2.84. The van der Waals surface area contributed by atoms with Gasteiger partial charge in [-0.15, -0.1) is 0 Å². The van der Waals surface area contributed by atoms with Gasteiger partial charge in [0.25, 0.3) is 5.69 Å². The normalized spacial score (nSPS) is 15.6. The van der Waals surface area contributed by atoms with Gasteiger partial charge in [0.15, 0.2) is 0 Å². The molecule has 1 N–H and O–H groups in total. The van der Waals surface area contributed by atoms with Gasteiger partial charge in [-0.25, -0.2) is 0 Å². The maximum Gasteiger partial charge on any atom is 0.282 e. The number of nitrogens with zero attached hydrogens (tertiary/aromatic N) is 2. The minimum atomic E-state index is -0.351. The van der Waals surface area contributed by atoms with E-state index in [1.165, 1.54) is 0 Å². The summed E-state index contributed by atoms with van der Waals surface area (Å²) in [4.78, 5) is 12.5. The molecule has 1 aliphatic rings. The first kappa shape index (κ1) is 11.6. The van der Waals surface area contributed by atoms with Gasteiger partial charge >= 0.3 is 0 Å². The van der Waals surface area contributed by atoms with Crippen molar-refractivity contribution in [1.82, 2.24) is 5.32 Å². The Balaban J connectivity index is 2.22. The number of hydrogen-bond acceptors (Lipinski definition) is 4. The Kier molecular flexibility index (Phi) is 3.29. The molecule has 0 bridgehead atoms. The first-order chi connectivity index (χ1) is 7.59. The number of nitrogens with one attached hydrogen (secondary N) is 1. The zero-order valence-corrected chi connectivity index (χ0v) is 11.0. The smallest absolute Gasteiger partial charge is 0.282 e. The molecule has 1 heterocycles. The number of anilines is 1. The molecule has 0 radical (unpaired) electrons. The maximum absolute atomic E-state index is 10.7. The van der Waals surface area contributed by atoms with Crippen LogP contribution in [0.4, 0.5) is 11.4 Å². The molecule has 0 aromatic heterocycles. The molecule has 1 aromatic rings. The summed E-state index contributed by atoms with van der Waals surface area (Å²) in [7, 11) is 2.02. The lowest BCUT2D eigenvalue weighted by Gasteiger charge is -2.37. The van der Waals surface area contributed by atoms with Gasteiger partial charge in [-0.05, 0) is 34.7 Å². The Morgan fingerprint density at radius 3 is 2.69 bits per heavy atom. The van der Waals surface area contributed by atoms with Crippen molar-refractivity contribution in [1.29, 1.82) is 0 Å². The molecular formula is C10H12IN3O2. The molecule has 2 rings (SSSR count). The highest BCUT2D eigenvalue weighted by atomic mass is 127. The lowest BCUT2D eigenvalue weighted by molar-refractivity contribution is -0.385. The summed E-state index contributed by atoms with van der Waals surface area (Å²) in [5.41, 5.74) is 1.20. The number of rotatable bonds is 3. The Morgan fingerprint density at radius 1 is 1.56 bits per heavy atom. The van der Waals surface area contributed by atoms with Crippen LogP contribution in [0.2, 0.25) is 0 Å². The minimum absolute atomic E-state index is 0.171. The zero-order valence-electron chi connectivity index (χ0n) is 8.81. The summed E-state index contributed by atoms with van der Waals surface area (Å²) < 4.78 is 0.680. The molecule has 0 spiro atoms. The quantitative estimate of drug-likeness (QED) is 0.519. The topological polar surface area (TPSA) is 58.4 Å². The minimum Gasteiger partial charge on any atom is -0.369 e. The van der Waals surface area contributed by atoms with Gasteiger partial charge in [0.1, 0.15) is 0 Å². The van der Waals surface area contributed by atoms with Crippen molar-refractivity contribution in [3.63, 3.8) is 0 Å². The molecular weight excluding hydrogens is 321 g/mol. The van der Waals surface area contributed by atoms with Crippen molar-refractivity contribution < 1.29 is 4.92 Å². The van der Waals surface area contributed by atoms with Crippen molar-refractivity contribution >= 4 is 34.0 Å². The van der Waals surface area contributed by atoms with Crippen LogP contribution in [0.1, 0.15) is 0 Å². The van der Waals surface area contributed by atoms with Crippen LogP contribution < -0.4 is 10.2 Å². The van der Waals surface area contributed by atoms with E-state index in [-0.39, 0.29) is 10.6 Å². The molecule has 0 amide bonds. The second-order valence-corrected chi connectivity index (χ2v) is 4.98. The fourth-order valence-corrected chi connectivity index (χ4v) is 2.32. The van der Waals surface area contributed by atoms with E-state index in [9.17, 15) is 10.1 Å². The van der Waals surface area contributed by atoms with Gasteiger partial charge in [0, 0.05) is 31.9 Å². The van der Waals surface area contributed by atoms with E-state index in [2.05, 4.69) is 10.2 Å². The molecule has 0 saturated carbocycles. The summed E-state index contributed by atoms with van der Waals surface area (Å²) in [5.74, 6) is 0. The lowest BCUT2D eigenvalue weighted by Crippen LogP contribution is -2.56. The molecule has 1 fully saturated rings. The van der Waals surface area contributed by atoms with E-state index < -0.39 is 0 Å². The number of halogens is 1. The van der Waals surface area contributed by atoms with Crippen LogP contribution in [-0.4, -0.2) is 31.1 Å². The first-order valence-corrected chi connectivity index (χ1v) is 6.05. The van der Waals surface area contributed by atoms with Crippen LogP contribution >= 0.6 is 22.6 Å². The van der Waals surface area contributed by atoms with Crippen LogP contribution in [0.15, 0.2) is 18.2 Å². The molecule has 6 heteroatoms. The second-order valence-electron chi connectivity index (χ2n) is 3.82. The SMILES string of the molecule is CN(c1ccc([N+](=O)[O-])c(I)c1)C1CNC1. The fraction of sp³-hybridized carbons (Fsp3) is 0.400. The number of likely N-dealkylation sites (N-methyl/N-ethyl adjacent to an activating group) is 1. The molecule has 86 valence electrons. The van der Waals surface area contributed by atoms with Crippen molar-refractivity contribution in [3.8, 4) is 0 Å². The molecule has 16 heavy (non-hydrogen) atoms. The first-order valence-electron chi connectivity index (χ1n) is 4.97. The maximum atomic E-state index is 10.7.